The van der Waals surface area contributed by atoms with E-state index in [2.05, 4.69) is 10.3 Å². The van der Waals surface area contributed by atoms with Crippen LogP contribution in [0.25, 0.3) is 0 Å². The topological polar surface area (TPSA) is 79.9 Å². The number of amides is 1. The molecule has 0 saturated carbocycles. The summed E-state index contributed by atoms with van der Waals surface area (Å²) in [4.78, 5) is 15.7. The Morgan fingerprint density at radius 1 is 1.37 bits per heavy atom. The second-order valence-corrected chi connectivity index (χ2v) is 6.19. The zero-order valence-corrected chi connectivity index (χ0v) is 14.3. The maximum absolute atomic E-state index is 12.9. The first-order valence-corrected chi connectivity index (χ1v) is 8.41. The molecule has 1 aromatic carbocycles. The highest BCUT2D eigenvalue weighted by molar-refractivity contribution is 5.79. The van der Waals surface area contributed by atoms with Crippen LogP contribution in [0.3, 0.4) is 0 Å². The van der Waals surface area contributed by atoms with Crippen molar-refractivity contribution in [3.8, 4) is 11.8 Å². The fourth-order valence-corrected chi connectivity index (χ4v) is 3.03. The number of hydrogen-bond donors (Lipinski definition) is 1. The van der Waals surface area contributed by atoms with Crippen molar-refractivity contribution in [1.29, 1.82) is 5.26 Å². The van der Waals surface area contributed by atoms with E-state index in [1.165, 1.54) is 6.20 Å². The first-order chi connectivity index (χ1) is 12.9. The second kappa shape index (κ2) is 7.70. The van der Waals surface area contributed by atoms with E-state index in [1.807, 2.05) is 6.07 Å². The third-order valence-electron chi connectivity index (χ3n) is 4.37. The summed E-state index contributed by atoms with van der Waals surface area (Å²) in [6.45, 7) is 0.646. The van der Waals surface area contributed by atoms with Gasteiger partial charge >= 0.3 is 6.18 Å². The standard InChI is InChI=1S/C18H17F3N4O2/c19-18(20,21)17-24-11-14-9-13(5-7-25(14)17)16(26)23-6-8-27-15-3-1-12(10-22)2-4-15/h1-4,11,13H,5-9H2,(H,23,26). The number of ether oxygens (including phenoxy) is 1. The number of nitrogens with zero attached hydrogens (tertiary/aromatic N) is 3. The average Bonchev–Trinajstić information content (AvgIpc) is 3.09. The number of carbonyl (C=O) groups is 1. The smallest absolute Gasteiger partial charge is 0.449 e. The number of fused-ring (bicyclic) bond motifs is 1. The summed E-state index contributed by atoms with van der Waals surface area (Å²) in [6, 6.07) is 8.61. The van der Waals surface area contributed by atoms with Crippen molar-refractivity contribution >= 4 is 5.91 Å². The number of carbonyl (C=O) groups excluding carboxylic acids is 1. The number of alkyl halides is 3. The summed E-state index contributed by atoms with van der Waals surface area (Å²) in [5.41, 5.74) is 0.948. The predicted molar refractivity (Wildman–Crippen MR) is 88.7 cm³/mol. The molecule has 1 aromatic heterocycles. The molecule has 9 heteroatoms. The Balaban J connectivity index is 1.46. The van der Waals surface area contributed by atoms with Crippen LogP contribution in [-0.2, 0) is 23.9 Å². The molecule has 0 fully saturated rings. The van der Waals surface area contributed by atoms with Gasteiger partial charge in [0.25, 0.3) is 0 Å². The molecule has 2 heterocycles. The molecule has 3 rings (SSSR count). The molecule has 1 unspecified atom stereocenters. The summed E-state index contributed by atoms with van der Waals surface area (Å²) < 4.78 is 45.2. The van der Waals surface area contributed by atoms with Gasteiger partial charge in [0.05, 0.1) is 18.2 Å². The lowest BCUT2D eigenvalue weighted by molar-refractivity contribution is -0.147. The van der Waals surface area contributed by atoms with Gasteiger partial charge in [0, 0.05) is 30.8 Å². The number of rotatable bonds is 5. The molecular formula is C18H17F3N4O2. The molecule has 6 nitrogen and oxygen atoms in total. The SMILES string of the molecule is N#Cc1ccc(OCCNC(=O)C2CCn3c(cnc3C(F)(F)F)C2)cc1. The van der Waals surface area contributed by atoms with Crippen molar-refractivity contribution in [2.75, 3.05) is 13.2 Å². The fraction of sp³-hybridized carbons (Fsp3) is 0.389. The van der Waals surface area contributed by atoms with Crippen LogP contribution in [0.15, 0.2) is 30.5 Å². The van der Waals surface area contributed by atoms with Crippen LogP contribution in [0.2, 0.25) is 0 Å². The molecule has 1 aliphatic rings. The van der Waals surface area contributed by atoms with Crippen LogP contribution in [0.1, 0.15) is 23.5 Å². The van der Waals surface area contributed by atoms with E-state index in [0.29, 0.717) is 23.4 Å². The Morgan fingerprint density at radius 2 is 2.11 bits per heavy atom. The van der Waals surface area contributed by atoms with E-state index >= 15 is 0 Å². The van der Waals surface area contributed by atoms with Gasteiger partial charge in [-0.2, -0.15) is 18.4 Å². The Labute approximate surface area is 153 Å². The van der Waals surface area contributed by atoms with Crippen LogP contribution in [0.4, 0.5) is 13.2 Å². The number of nitrogens with one attached hydrogen (secondary N) is 1. The van der Waals surface area contributed by atoms with Gasteiger partial charge in [0.15, 0.2) is 0 Å². The van der Waals surface area contributed by atoms with Crippen molar-refractivity contribution in [2.24, 2.45) is 5.92 Å². The maximum Gasteiger partial charge on any atom is 0.449 e. The van der Waals surface area contributed by atoms with E-state index in [4.69, 9.17) is 10.00 Å². The summed E-state index contributed by atoms with van der Waals surface area (Å²) in [6.07, 6.45) is -2.74. The second-order valence-electron chi connectivity index (χ2n) is 6.19. The van der Waals surface area contributed by atoms with Crippen LogP contribution < -0.4 is 10.1 Å². The van der Waals surface area contributed by atoms with E-state index < -0.39 is 12.0 Å². The van der Waals surface area contributed by atoms with E-state index in [-0.39, 0.29) is 37.9 Å². The molecule has 1 N–H and O–H groups in total. The molecule has 1 aliphatic heterocycles. The van der Waals surface area contributed by atoms with Crippen LogP contribution in [0.5, 0.6) is 5.75 Å². The van der Waals surface area contributed by atoms with Gasteiger partial charge in [-0.25, -0.2) is 4.98 Å². The molecule has 2 aromatic rings. The maximum atomic E-state index is 12.9. The van der Waals surface area contributed by atoms with Crippen molar-refractivity contribution in [3.63, 3.8) is 0 Å². The molecular weight excluding hydrogens is 361 g/mol. The van der Waals surface area contributed by atoms with Crippen molar-refractivity contribution in [3.05, 3.63) is 47.5 Å². The van der Waals surface area contributed by atoms with E-state index in [9.17, 15) is 18.0 Å². The van der Waals surface area contributed by atoms with Crippen LogP contribution >= 0.6 is 0 Å². The van der Waals surface area contributed by atoms with Gasteiger partial charge in [-0.3, -0.25) is 4.79 Å². The van der Waals surface area contributed by atoms with Crippen molar-refractivity contribution in [2.45, 2.75) is 25.6 Å². The van der Waals surface area contributed by atoms with Gasteiger partial charge in [0.1, 0.15) is 12.4 Å². The van der Waals surface area contributed by atoms with Gasteiger partial charge in [0.2, 0.25) is 11.7 Å². The minimum absolute atomic E-state index is 0.115. The fourth-order valence-electron chi connectivity index (χ4n) is 3.03. The minimum atomic E-state index is -4.49. The normalized spacial score (nSPS) is 16.3. The Hall–Kier alpha value is -3.02. The molecule has 142 valence electrons. The van der Waals surface area contributed by atoms with Gasteiger partial charge < -0.3 is 14.6 Å². The molecule has 1 amide bonds. The number of imidazole rings is 1. The van der Waals surface area contributed by atoms with Crippen molar-refractivity contribution in [1.82, 2.24) is 14.9 Å². The number of benzene rings is 1. The number of aromatic nitrogens is 2. The lowest BCUT2D eigenvalue weighted by Crippen LogP contribution is -2.37. The quantitative estimate of drug-likeness (QED) is 0.811. The largest absolute Gasteiger partial charge is 0.492 e. The first kappa shape index (κ1) is 18.8. The third kappa shape index (κ3) is 4.39. The molecule has 0 bridgehead atoms. The lowest BCUT2D eigenvalue weighted by Gasteiger charge is -2.24. The lowest BCUT2D eigenvalue weighted by atomic mass is 9.95. The molecule has 27 heavy (non-hydrogen) atoms. The monoisotopic (exact) mass is 378 g/mol. The summed E-state index contributed by atoms with van der Waals surface area (Å²) in [5.74, 6) is -0.915. The van der Waals surface area contributed by atoms with E-state index in [0.717, 1.165) is 4.57 Å². The predicted octanol–water partition coefficient (Wildman–Crippen LogP) is 2.53. The Morgan fingerprint density at radius 3 is 2.78 bits per heavy atom. The van der Waals surface area contributed by atoms with Crippen LogP contribution in [-0.4, -0.2) is 28.6 Å². The first-order valence-electron chi connectivity index (χ1n) is 8.41. The number of hydrogen-bond acceptors (Lipinski definition) is 4. The van der Waals surface area contributed by atoms with E-state index in [1.54, 1.807) is 24.3 Å². The molecule has 0 aliphatic carbocycles. The highest BCUT2D eigenvalue weighted by Crippen LogP contribution is 2.32. The Bertz CT molecular complexity index is 853. The number of halogens is 3. The van der Waals surface area contributed by atoms with Crippen LogP contribution in [0, 0.1) is 17.2 Å². The summed E-state index contributed by atoms with van der Waals surface area (Å²) in [7, 11) is 0. The van der Waals surface area contributed by atoms with Gasteiger partial charge in [-0.05, 0) is 30.7 Å². The summed E-state index contributed by atoms with van der Waals surface area (Å²) >= 11 is 0. The zero-order chi connectivity index (χ0) is 19.4. The molecule has 0 saturated heterocycles. The Kier molecular flexibility index (Phi) is 5.35. The molecule has 1 atom stereocenters. The minimum Gasteiger partial charge on any atom is -0.492 e. The average molecular weight is 378 g/mol. The molecule has 0 radical (unpaired) electrons. The highest BCUT2D eigenvalue weighted by Gasteiger charge is 2.39. The van der Waals surface area contributed by atoms with Gasteiger partial charge in [-0.15, -0.1) is 0 Å². The summed E-state index contributed by atoms with van der Waals surface area (Å²) in [5, 5.41) is 11.5. The molecule has 0 spiro atoms. The highest BCUT2D eigenvalue weighted by atomic mass is 19.4. The number of nitriles is 1. The van der Waals surface area contributed by atoms with Crippen molar-refractivity contribution < 1.29 is 22.7 Å². The third-order valence-corrected chi connectivity index (χ3v) is 4.37. The van der Waals surface area contributed by atoms with Gasteiger partial charge in [-0.1, -0.05) is 0 Å². The zero-order valence-electron chi connectivity index (χ0n) is 14.3.